The molecule has 1 aromatic carbocycles. The van der Waals surface area contributed by atoms with E-state index < -0.39 is 22.8 Å². The zero-order valence-corrected chi connectivity index (χ0v) is 17.4. The minimum absolute atomic E-state index is 0.0352. The monoisotopic (exact) mass is 447 g/mol. The fourth-order valence-corrected chi connectivity index (χ4v) is 3.02. The zero-order valence-electron chi connectivity index (χ0n) is 16.6. The molecule has 0 fully saturated rings. The number of hydrogen-bond acceptors (Lipinski definition) is 9. The summed E-state index contributed by atoms with van der Waals surface area (Å²) in [7, 11) is 0. The Morgan fingerprint density at radius 3 is 2.61 bits per heavy atom. The molecule has 0 saturated carbocycles. The first-order chi connectivity index (χ1) is 14.6. The van der Waals surface area contributed by atoms with E-state index in [2.05, 4.69) is 6.58 Å². The molecule has 11 heteroatoms. The number of nitro benzene ring substituents is 1. The number of nitrogens with zero attached hydrogens (tertiary/aromatic N) is 2. The molecule has 2 rings (SSSR count). The molecule has 0 amide bonds. The molecule has 1 aliphatic heterocycles. The minimum atomic E-state index is -1.16. The first kappa shape index (κ1) is 23.4. The molecule has 1 aromatic rings. The number of esters is 2. The van der Waals surface area contributed by atoms with Crippen molar-refractivity contribution < 1.29 is 28.7 Å². The van der Waals surface area contributed by atoms with Gasteiger partial charge in [0.25, 0.3) is 5.69 Å². The molecule has 1 atom stereocenters. The van der Waals surface area contributed by atoms with Gasteiger partial charge in [-0.25, -0.2) is 9.59 Å². The first-order valence-electron chi connectivity index (χ1n) is 8.80. The fraction of sp³-hybridized carbons (Fsp3) is 0.250. The minimum Gasteiger partial charge on any atom is -0.459 e. The Morgan fingerprint density at radius 2 is 2.03 bits per heavy atom. The number of allylic oxidation sites excluding steroid dienone is 2. The third kappa shape index (κ3) is 5.21. The molecule has 1 heterocycles. The molecule has 1 unspecified atom stereocenters. The summed E-state index contributed by atoms with van der Waals surface area (Å²) in [6, 6.07) is 5.48. The van der Waals surface area contributed by atoms with Crippen LogP contribution in [-0.4, -0.2) is 30.1 Å². The van der Waals surface area contributed by atoms with Gasteiger partial charge in [-0.1, -0.05) is 18.2 Å². The van der Waals surface area contributed by atoms with Gasteiger partial charge >= 0.3 is 11.9 Å². The van der Waals surface area contributed by atoms with Crippen LogP contribution >= 0.6 is 11.6 Å². The van der Waals surface area contributed by atoms with Gasteiger partial charge in [-0.15, -0.1) is 0 Å². The predicted octanol–water partition coefficient (Wildman–Crippen LogP) is 2.99. The number of nitriles is 1. The van der Waals surface area contributed by atoms with Crippen LogP contribution in [0.3, 0.4) is 0 Å². The van der Waals surface area contributed by atoms with Crippen molar-refractivity contribution >= 4 is 29.2 Å². The summed E-state index contributed by atoms with van der Waals surface area (Å²) >= 11 is 6.24. The third-order valence-electron chi connectivity index (χ3n) is 4.23. The van der Waals surface area contributed by atoms with Gasteiger partial charge in [0.05, 0.1) is 16.4 Å². The van der Waals surface area contributed by atoms with Crippen LogP contribution in [0, 0.1) is 21.4 Å². The standard InChI is InChI=1S/C20H18ClN3O7/c1-10(2)19(25)29-6-7-30-20(26)16-11(3)31-18(23)14(9-22)17(16)13-8-12(24(27)28)4-5-15(13)21/h4-5,8,17H,1,6-7,23H2,2-3H3. The highest BCUT2D eigenvalue weighted by molar-refractivity contribution is 6.31. The van der Waals surface area contributed by atoms with Crippen molar-refractivity contribution in [2.24, 2.45) is 5.73 Å². The van der Waals surface area contributed by atoms with E-state index in [0.717, 1.165) is 6.07 Å². The van der Waals surface area contributed by atoms with Gasteiger partial charge < -0.3 is 19.9 Å². The number of carbonyl (C=O) groups is 2. The van der Waals surface area contributed by atoms with E-state index in [1.165, 1.54) is 26.0 Å². The van der Waals surface area contributed by atoms with E-state index >= 15 is 0 Å². The zero-order chi connectivity index (χ0) is 23.3. The van der Waals surface area contributed by atoms with Crippen molar-refractivity contribution in [3.8, 4) is 6.07 Å². The van der Waals surface area contributed by atoms with Crippen molar-refractivity contribution in [3.05, 3.63) is 73.8 Å². The second-order valence-corrected chi connectivity index (χ2v) is 6.82. The number of non-ortho nitro benzene ring substituents is 1. The van der Waals surface area contributed by atoms with Gasteiger partial charge in [0.15, 0.2) is 0 Å². The summed E-state index contributed by atoms with van der Waals surface area (Å²) in [6.07, 6.45) is 0. The van der Waals surface area contributed by atoms with E-state index in [9.17, 15) is 25.0 Å². The second kappa shape index (κ2) is 9.77. The maximum atomic E-state index is 12.8. The number of carbonyl (C=O) groups excluding carboxylic acids is 2. The molecule has 31 heavy (non-hydrogen) atoms. The molecule has 0 aromatic heterocycles. The molecule has 162 valence electrons. The lowest BCUT2D eigenvalue weighted by Gasteiger charge is -2.27. The van der Waals surface area contributed by atoms with Crippen molar-refractivity contribution in [1.82, 2.24) is 0 Å². The average Bonchev–Trinajstić information content (AvgIpc) is 2.70. The highest BCUT2D eigenvalue weighted by Crippen LogP contribution is 2.43. The van der Waals surface area contributed by atoms with E-state index in [1.54, 1.807) is 0 Å². The lowest BCUT2D eigenvalue weighted by atomic mass is 9.83. The van der Waals surface area contributed by atoms with Crippen molar-refractivity contribution in [3.63, 3.8) is 0 Å². The number of ether oxygens (including phenoxy) is 3. The maximum Gasteiger partial charge on any atom is 0.338 e. The van der Waals surface area contributed by atoms with Gasteiger partial charge in [-0.2, -0.15) is 5.26 Å². The Labute approximate surface area is 182 Å². The normalized spacial score (nSPS) is 15.6. The van der Waals surface area contributed by atoms with Gasteiger partial charge in [0, 0.05) is 22.7 Å². The number of hydrogen-bond donors (Lipinski definition) is 1. The smallest absolute Gasteiger partial charge is 0.338 e. The topological polar surface area (TPSA) is 155 Å². The molecular formula is C20H18ClN3O7. The summed E-state index contributed by atoms with van der Waals surface area (Å²) < 4.78 is 15.3. The summed E-state index contributed by atoms with van der Waals surface area (Å²) in [5.74, 6) is -2.92. The highest BCUT2D eigenvalue weighted by atomic mass is 35.5. The molecule has 0 bridgehead atoms. The Hall–Kier alpha value is -3.84. The highest BCUT2D eigenvalue weighted by Gasteiger charge is 2.38. The summed E-state index contributed by atoms with van der Waals surface area (Å²) in [5, 5.41) is 20.9. The van der Waals surface area contributed by atoms with Crippen molar-refractivity contribution in [2.75, 3.05) is 13.2 Å². The van der Waals surface area contributed by atoms with E-state index in [-0.39, 0.29) is 57.8 Å². The molecular weight excluding hydrogens is 430 g/mol. The summed E-state index contributed by atoms with van der Waals surface area (Å²) in [5.41, 5.74) is 5.54. The average molecular weight is 448 g/mol. The van der Waals surface area contributed by atoms with Crippen molar-refractivity contribution in [2.45, 2.75) is 19.8 Å². The van der Waals surface area contributed by atoms with Crippen LogP contribution in [0.15, 0.2) is 53.1 Å². The van der Waals surface area contributed by atoms with Gasteiger partial charge in [-0.05, 0) is 25.5 Å². The molecule has 0 spiro atoms. The molecule has 10 nitrogen and oxygen atoms in total. The quantitative estimate of drug-likeness (QED) is 0.218. The van der Waals surface area contributed by atoms with Crippen LogP contribution in [-0.2, 0) is 23.8 Å². The van der Waals surface area contributed by atoms with Crippen LogP contribution in [0.4, 0.5) is 5.69 Å². The second-order valence-electron chi connectivity index (χ2n) is 6.41. The van der Waals surface area contributed by atoms with Crippen molar-refractivity contribution in [1.29, 1.82) is 5.26 Å². The fourth-order valence-electron chi connectivity index (χ4n) is 2.79. The molecule has 1 aliphatic rings. The Morgan fingerprint density at radius 1 is 1.39 bits per heavy atom. The number of halogens is 1. The molecule has 0 radical (unpaired) electrons. The van der Waals surface area contributed by atoms with Crippen LogP contribution in [0.25, 0.3) is 0 Å². The first-order valence-corrected chi connectivity index (χ1v) is 9.18. The maximum absolute atomic E-state index is 12.8. The lowest BCUT2D eigenvalue weighted by molar-refractivity contribution is -0.384. The Bertz CT molecular complexity index is 1070. The van der Waals surface area contributed by atoms with Crippen LogP contribution in [0.5, 0.6) is 0 Å². The number of benzene rings is 1. The molecule has 2 N–H and O–H groups in total. The largest absolute Gasteiger partial charge is 0.459 e. The number of rotatable bonds is 7. The van der Waals surface area contributed by atoms with Gasteiger partial charge in [0.1, 0.15) is 30.6 Å². The van der Waals surface area contributed by atoms with Crippen LogP contribution in [0.2, 0.25) is 5.02 Å². The Balaban J connectivity index is 2.40. The van der Waals surface area contributed by atoms with Crippen LogP contribution < -0.4 is 5.73 Å². The Kier molecular flexibility index (Phi) is 7.39. The molecule has 0 aliphatic carbocycles. The van der Waals surface area contributed by atoms with Gasteiger partial charge in [0.2, 0.25) is 5.88 Å². The molecule has 0 saturated heterocycles. The third-order valence-corrected chi connectivity index (χ3v) is 4.57. The number of nitrogens with two attached hydrogens (primary N) is 1. The predicted molar refractivity (Wildman–Crippen MR) is 108 cm³/mol. The summed E-state index contributed by atoms with van der Waals surface area (Å²) in [6.45, 7) is 5.82. The van der Waals surface area contributed by atoms with E-state index in [0.29, 0.717) is 0 Å². The SMILES string of the molecule is C=C(C)C(=O)OCCOC(=O)C1=C(C)OC(N)=C(C#N)C1c1cc([N+](=O)[O-])ccc1Cl. The van der Waals surface area contributed by atoms with E-state index in [1.807, 2.05) is 6.07 Å². The van der Waals surface area contributed by atoms with Crippen LogP contribution in [0.1, 0.15) is 25.3 Å². The van der Waals surface area contributed by atoms with Gasteiger partial charge in [-0.3, -0.25) is 10.1 Å². The summed E-state index contributed by atoms with van der Waals surface area (Å²) in [4.78, 5) is 34.8. The lowest BCUT2D eigenvalue weighted by Crippen LogP contribution is -2.26. The van der Waals surface area contributed by atoms with E-state index in [4.69, 9.17) is 31.5 Å². The number of nitro groups is 1.